The summed E-state index contributed by atoms with van der Waals surface area (Å²) in [6.45, 7) is 3.27. The van der Waals surface area contributed by atoms with Crippen LogP contribution in [0.25, 0.3) is 5.69 Å². The van der Waals surface area contributed by atoms with Crippen molar-refractivity contribution in [1.82, 2.24) is 25.3 Å². The molecule has 1 amide bonds. The van der Waals surface area contributed by atoms with Crippen LogP contribution in [0, 0.1) is 12.8 Å². The minimum atomic E-state index is -0.0743. The topological polar surface area (TPSA) is 84.8 Å². The molecule has 2 atom stereocenters. The molecule has 0 spiro atoms. The minimum absolute atomic E-state index is 0.0248. The van der Waals surface area contributed by atoms with Crippen molar-refractivity contribution in [1.29, 1.82) is 0 Å². The highest BCUT2D eigenvalue weighted by atomic mass is 16.5. The average Bonchev–Trinajstić information content (AvgIpc) is 3.38. The Balaban J connectivity index is 1.38. The van der Waals surface area contributed by atoms with E-state index in [1.165, 1.54) is 0 Å². The van der Waals surface area contributed by atoms with E-state index < -0.39 is 0 Å². The van der Waals surface area contributed by atoms with Gasteiger partial charge in [-0.25, -0.2) is 4.68 Å². The standard InChI is InChI=1S/C20H23N5O2/c1-14-8-9-25(24-14)18-6-4-15(5-7-18)20(26)21-11-16-3-2-10-27-19(16)17-12-22-23-13-17/h4-9,12-13,16,19H,2-3,10-11H2,1H3,(H,21,26)(H,22,23)/t16-,19+/m0/s1. The van der Waals surface area contributed by atoms with Gasteiger partial charge in [-0.2, -0.15) is 10.2 Å². The fourth-order valence-corrected chi connectivity index (χ4v) is 3.49. The maximum Gasteiger partial charge on any atom is 0.251 e. The maximum absolute atomic E-state index is 12.5. The first kappa shape index (κ1) is 17.5. The van der Waals surface area contributed by atoms with E-state index in [0.29, 0.717) is 12.1 Å². The minimum Gasteiger partial charge on any atom is -0.373 e. The number of nitrogens with one attached hydrogen (secondary N) is 2. The molecule has 3 heterocycles. The number of carbonyl (C=O) groups excluding carboxylic acids is 1. The van der Waals surface area contributed by atoms with Crippen LogP contribution >= 0.6 is 0 Å². The molecule has 1 saturated heterocycles. The molecule has 0 radical (unpaired) electrons. The predicted molar refractivity (Wildman–Crippen MR) is 101 cm³/mol. The Hall–Kier alpha value is -2.93. The van der Waals surface area contributed by atoms with Crippen LogP contribution in [0.1, 0.15) is 40.6 Å². The van der Waals surface area contributed by atoms with Crippen molar-refractivity contribution >= 4 is 5.91 Å². The van der Waals surface area contributed by atoms with Crippen LogP contribution in [-0.2, 0) is 4.74 Å². The van der Waals surface area contributed by atoms with Crippen molar-refractivity contribution in [3.05, 3.63) is 65.7 Å². The van der Waals surface area contributed by atoms with Gasteiger partial charge in [-0.15, -0.1) is 0 Å². The van der Waals surface area contributed by atoms with Crippen LogP contribution in [0.15, 0.2) is 48.9 Å². The lowest BCUT2D eigenvalue weighted by molar-refractivity contribution is -0.0272. The van der Waals surface area contributed by atoms with Gasteiger partial charge in [0, 0.05) is 42.6 Å². The second-order valence-corrected chi connectivity index (χ2v) is 6.88. The number of H-pyrrole nitrogens is 1. The van der Waals surface area contributed by atoms with E-state index in [2.05, 4.69) is 20.6 Å². The first-order chi connectivity index (χ1) is 13.2. The van der Waals surface area contributed by atoms with Crippen LogP contribution in [-0.4, -0.2) is 39.0 Å². The number of aromatic amines is 1. The SMILES string of the molecule is Cc1ccn(-c2ccc(C(=O)NC[C@@H]3CCCO[C@H]3c3cn[nH]c3)cc2)n1. The quantitative estimate of drug-likeness (QED) is 0.728. The third-order valence-electron chi connectivity index (χ3n) is 4.93. The number of ether oxygens (including phenoxy) is 1. The van der Waals surface area contributed by atoms with Gasteiger partial charge in [-0.1, -0.05) is 0 Å². The predicted octanol–water partition coefficient (Wildman–Crippen LogP) is 2.80. The summed E-state index contributed by atoms with van der Waals surface area (Å²) in [5.41, 5.74) is 3.56. The van der Waals surface area contributed by atoms with E-state index in [-0.39, 0.29) is 17.9 Å². The molecule has 7 heteroatoms. The van der Waals surface area contributed by atoms with Gasteiger partial charge < -0.3 is 10.1 Å². The van der Waals surface area contributed by atoms with E-state index in [0.717, 1.165) is 36.4 Å². The number of hydrogen-bond acceptors (Lipinski definition) is 4. The van der Waals surface area contributed by atoms with Crippen molar-refractivity contribution < 1.29 is 9.53 Å². The summed E-state index contributed by atoms with van der Waals surface area (Å²) in [5.74, 6) is 0.168. The Morgan fingerprint density at radius 1 is 1.33 bits per heavy atom. The molecule has 1 fully saturated rings. The number of amides is 1. The van der Waals surface area contributed by atoms with E-state index in [4.69, 9.17) is 4.74 Å². The number of aromatic nitrogens is 4. The van der Waals surface area contributed by atoms with Crippen molar-refractivity contribution in [2.45, 2.75) is 25.9 Å². The van der Waals surface area contributed by atoms with E-state index >= 15 is 0 Å². The number of aryl methyl sites for hydroxylation is 1. The molecular formula is C20H23N5O2. The fourth-order valence-electron chi connectivity index (χ4n) is 3.49. The highest BCUT2D eigenvalue weighted by Gasteiger charge is 2.28. The van der Waals surface area contributed by atoms with E-state index in [1.807, 2.05) is 49.6 Å². The average molecular weight is 365 g/mol. The van der Waals surface area contributed by atoms with E-state index in [1.54, 1.807) is 10.9 Å². The van der Waals surface area contributed by atoms with Crippen LogP contribution in [0.5, 0.6) is 0 Å². The Morgan fingerprint density at radius 2 is 2.19 bits per heavy atom. The number of rotatable bonds is 5. The summed E-state index contributed by atoms with van der Waals surface area (Å²) in [7, 11) is 0. The largest absolute Gasteiger partial charge is 0.373 e. The van der Waals surface area contributed by atoms with Gasteiger partial charge in [0.15, 0.2) is 0 Å². The molecule has 140 valence electrons. The van der Waals surface area contributed by atoms with Gasteiger partial charge in [0.1, 0.15) is 0 Å². The van der Waals surface area contributed by atoms with Crippen molar-refractivity contribution in [2.24, 2.45) is 5.92 Å². The van der Waals surface area contributed by atoms with Crippen LogP contribution in [0.4, 0.5) is 0 Å². The summed E-state index contributed by atoms with van der Waals surface area (Å²) in [5, 5.41) is 14.3. The second kappa shape index (κ2) is 7.75. The fraction of sp³-hybridized carbons (Fsp3) is 0.350. The smallest absolute Gasteiger partial charge is 0.251 e. The third-order valence-corrected chi connectivity index (χ3v) is 4.93. The normalized spacial score (nSPS) is 19.7. The number of nitrogens with zero attached hydrogens (tertiary/aromatic N) is 3. The zero-order chi connectivity index (χ0) is 18.6. The highest BCUT2D eigenvalue weighted by Crippen LogP contribution is 2.32. The van der Waals surface area contributed by atoms with Crippen molar-refractivity contribution in [3.63, 3.8) is 0 Å². The molecule has 1 aliphatic rings. The Morgan fingerprint density at radius 3 is 2.89 bits per heavy atom. The first-order valence-electron chi connectivity index (χ1n) is 9.22. The van der Waals surface area contributed by atoms with Gasteiger partial charge in [0.25, 0.3) is 5.91 Å². The lowest BCUT2D eigenvalue weighted by atomic mass is 9.91. The molecule has 0 aliphatic carbocycles. The van der Waals surface area contributed by atoms with Gasteiger partial charge in [-0.05, 0) is 50.1 Å². The molecule has 1 aliphatic heterocycles. The second-order valence-electron chi connectivity index (χ2n) is 6.88. The number of benzene rings is 1. The van der Waals surface area contributed by atoms with Gasteiger partial charge >= 0.3 is 0 Å². The Bertz CT molecular complexity index is 886. The zero-order valence-corrected chi connectivity index (χ0v) is 15.3. The van der Waals surface area contributed by atoms with Gasteiger partial charge in [0.2, 0.25) is 0 Å². The highest BCUT2D eigenvalue weighted by molar-refractivity contribution is 5.94. The molecule has 2 aromatic heterocycles. The summed E-state index contributed by atoms with van der Waals surface area (Å²) >= 11 is 0. The van der Waals surface area contributed by atoms with Crippen LogP contribution in [0.3, 0.4) is 0 Å². The lowest BCUT2D eigenvalue weighted by Gasteiger charge is -2.31. The molecule has 3 aromatic rings. The molecule has 2 N–H and O–H groups in total. The Kier molecular flexibility index (Phi) is 5.02. The molecule has 0 saturated carbocycles. The molecule has 0 bridgehead atoms. The molecule has 4 rings (SSSR count). The summed E-state index contributed by atoms with van der Waals surface area (Å²) in [6, 6.07) is 9.40. The third kappa shape index (κ3) is 3.93. The molecular weight excluding hydrogens is 342 g/mol. The summed E-state index contributed by atoms with van der Waals surface area (Å²) in [4.78, 5) is 12.5. The molecule has 1 aromatic carbocycles. The molecule has 27 heavy (non-hydrogen) atoms. The van der Waals surface area contributed by atoms with Crippen molar-refractivity contribution in [2.75, 3.05) is 13.2 Å². The van der Waals surface area contributed by atoms with Crippen molar-refractivity contribution in [3.8, 4) is 5.69 Å². The number of carbonyl (C=O) groups is 1. The van der Waals surface area contributed by atoms with E-state index in [9.17, 15) is 4.79 Å². The first-order valence-corrected chi connectivity index (χ1v) is 9.22. The molecule has 0 unspecified atom stereocenters. The van der Waals surface area contributed by atoms with Crippen LogP contribution < -0.4 is 5.32 Å². The van der Waals surface area contributed by atoms with Crippen LogP contribution in [0.2, 0.25) is 0 Å². The zero-order valence-electron chi connectivity index (χ0n) is 15.3. The molecule has 7 nitrogen and oxygen atoms in total. The summed E-state index contributed by atoms with van der Waals surface area (Å²) < 4.78 is 7.72. The summed E-state index contributed by atoms with van der Waals surface area (Å²) in [6.07, 6.45) is 7.56. The monoisotopic (exact) mass is 365 g/mol. The maximum atomic E-state index is 12.5. The van der Waals surface area contributed by atoms with Gasteiger partial charge in [0.05, 0.1) is 23.7 Å². The number of hydrogen-bond donors (Lipinski definition) is 2. The van der Waals surface area contributed by atoms with Gasteiger partial charge in [-0.3, -0.25) is 9.89 Å². The Labute approximate surface area is 157 Å². The lowest BCUT2D eigenvalue weighted by Crippen LogP contribution is -2.35.